The van der Waals surface area contributed by atoms with Crippen LogP contribution >= 0.6 is 0 Å². The average molecular weight is 246 g/mol. The van der Waals surface area contributed by atoms with E-state index in [0.29, 0.717) is 17.9 Å². The molecule has 0 aliphatic carbocycles. The van der Waals surface area contributed by atoms with Gasteiger partial charge in [0.05, 0.1) is 12.2 Å². The summed E-state index contributed by atoms with van der Waals surface area (Å²) in [6.45, 7) is 6.19. The molecule has 0 amide bonds. The summed E-state index contributed by atoms with van der Waals surface area (Å²) in [6.07, 6.45) is -3.47. The van der Waals surface area contributed by atoms with Crippen molar-refractivity contribution in [2.75, 3.05) is 6.61 Å². The number of hydrogen-bond donors (Lipinski definition) is 0. The number of ether oxygens (including phenoxy) is 1. The molecule has 0 unspecified atom stereocenters. The van der Waals surface area contributed by atoms with Crippen LogP contribution in [0.5, 0.6) is 5.75 Å². The standard InChI is InChI=1S/C13H17F3O/c1-4-7-17-12-6-5-10(13(14,15)16)8-11(12)9(2)3/h5-6,8-9H,4,7H2,1-3H3. The second-order valence-electron chi connectivity index (χ2n) is 4.25. The van der Waals surface area contributed by atoms with Crippen molar-refractivity contribution in [1.82, 2.24) is 0 Å². The van der Waals surface area contributed by atoms with E-state index < -0.39 is 11.7 Å². The van der Waals surface area contributed by atoms with Crippen LogP contribution < -0.4 is 4.74 Å². The normalized spacial score (nSPS) is 11.9. The molecule has 0 fully saturated rings. The molecular formula is C13H17F3O. The monoisotopic (exact) mass is 246 g/mol. The number of halogens is 3. The van der Waals surface area contributed by atoms with E-state index >= 15 is 0 Å². The molecule has 0 saturated heterocycles. The highest BCUT2D eigenvalue weighted by molar-refractivity contribution is 5.40. The fraction of sp³-hybridized carbons (Fsp3) is 0.538. The summed E-state index contributed by atoms with van der Waals surface area (Å²) in [7, 11) is 0. The first kappa shape index (κ1) is 13.9. The largest absolute Gasteiger partial charge is 0.493 e. The maximum Gasteiger partial charge on any atom is 0.416 e. The van der Waals surface area contributed by atoms with Gasteiger partial charge in [-0.25, -0.2) is 0 Å². The third kappa shape index (κ3) is 3.65. The Balaban J connectivity index is 3.08. The highest BCUT2D eigenvalue weighted by atomic mass is 19.4. The molecule has 96 valence electrons. The molecule has 0 aliphatic heterocycles. The summed E-state index contributed by atoms with van der Waals surface area (Å²) in [4.78, 5) is 0. The zero-order valence-corrected chi connectivity index (χ0v) is 10.3. The van der Waals surface area contributed by atoms with E-state index in [1.165, 1.54) is 12.1 Å². The molecular weight excluding hydrogens is 229 g/mol. The zero-order chi connectivity index (χ0) is 13.1. The third-order valence-electron chi connectivity index (χ3n) is 2.42. The topological polar surface area (TPSA) is 9.23 Å². The van der Waals surface area contributed by atoms with E-state index in [9.17, 15) is 13.2 Å². The number of benzene rings is 1. The van der Waals surface area contributed by atoms with Crippen molar-refractivity contribution in [3.05, 3.63) is 29.3 Å². The summed E-state index contributed by atoms with van der Waals surface area (Å²) < 4.78 is 43.2. The summed E-state index contributed by atoms with van der Waals surface area (Å²) in [6, 6.07) is 3.65. The van der Waals surface area contributed by atoms with Crippen molar-refractivity contribution in [2.45, 2.75) is 39.3 Å². The molecule has 1 aromatic carbocycles. The summed E-state index contributed by atoms with van der Waals surface area (Å²) in [5.41, 5.74) is -0.0154. The lowest BCUT2D eigenvalue weighted by Crippen LogP contribution is -2.07. The molecule has 17 heavy (non-hydrogen) atoms. The van der Waals surface area contributed by atoms with E-state index in [1.54, 1.807) is 0 Å². The van der Waals surface area contributed by atoms with Crippen LogP contribution in [0.3, 0.4) is 0 Å². The van der Waals surface area contributed by atoms with E-state index in [2.05, 4.69) is 0 Å². The van der Waals surface area contributed by atoms with E-state index in [-0.39, 0.29) is 5.92 Å². The van der Waals surface area contributed by atoms with Crippen molar-refractivity contribution in [3.8, 4) is 5.75 Å². The van der Waals surface area contributed by atoms with E-state index in [0.717, 1.165) is 12.5 Å². The quantitative estimate of drug-likeness (QED) is 0.753. The zero-order valence-electron chi connectivity index (χ0n) is 10.3. The molecule has 0 aromatic heterocycles. The highest BCUT2D eigenvalue weighted by Crippen LogP contribution is 2.35. The number of hydrogen-bond acceptors (Lipinski definition) is 1. The van der Waals surface area contributed by atoms with Gasteiger partial charge in [-0.15, -0.1) is 0 Å². The van der Waals surface area contributed by atoms with Crippen LogP contribution in [-0.4, -0.2) is 6.61 Å². The smallest absolute Gasteiger partial charge is 0.416 e. The van der Waals surface area contributed by atoms with Crippen molar-refractivity contribution in [1.29, 1.82) is 0 Å². The molecule has 0 atom stereocenters. The first-order chi connectivity index (χ1) is 7.86. The van der Waals surface area contributed by atoms with Gasteiger partial charge in [0.2, 0.25) is 0 Å². The lowest BCUT2D eigenvalue weighted by molar-refractivity contribution is -0.137. The minimum absolute atomic E-state index is 0.00385. The number of rotatable bonds is 4. The van der Waals surface area contributed by atoms with Crippen molar-refractivity contribution >= 4 is 0 Å². The molecule has 4 heteroatoms. The minimum atomic E-state index is -4.30. The van der Waals surface area contributed by atoms with E-state index in [4.69, 9.17) is 4.74 Å². The Morgan fingerprint density at radius 1 is 1.24 bits per heavy atom. The fourth-order valence-electron chi connectivity index (χ4n) is 1.52. The SMILES string of the molecule is CCCOc1ccc(C(F)(F)F)cc1C(C)C. The van der Waals surface area contributed by atoms with Crippen LogP contribution in [-0.2, 0) is 6.18 Å². The van der Waals surface area contributed by atoms with Crippen molar-refractivity contribution < 1.29 is 17.9 Å². The van der Waals surface area contributed by atoms with Crippen LogP contribution in [0.1, 0.15) is 44.2 Å². The Hall–Kier alpha value is -1.19. The Bertz CT molecular complexity index is 369. The van der Waals surface area contributed by atoms with Gasteiger partial charge in [0.1, 0.15) is 5.75 Å². The van der Waals surface area contributed by atoms with Crippen LogP contribution in [0.15, 0.2) is 18.2 Å². The van der Waals surface area contributed by atoms with Crippen molar-refractivity contribution in [3.63, 3.8) is 0 Å². The molecule has 1 rings (SSSR count). The summed E-state index contributed by atoms with van der Waals surface area (Å²) >= 11 is 0. The van der Waals surface area contributed by atoms with Gasteiger partial charge in [0, 0.05) is 0 Å². The molecule has 0 saturated carbocycles. The van der Waals surface area contributed by atoms with Crippen LogP contribution in [0.4, 0.5) is 13.2 Å². The van der Waals surface area contributed by atoms with Gasteiger partial charge in [0.15, 0.2) is 0 Å². The van der Waals surface area contributed by atoms with Crippen LogP contribution in [0.25, 0.3) is 0 Å². The maximum absolute atomic E-state index is 12.6. The lowest BCUT2D eigenvalue weighted by atomic mass is 9.99. The van der Waals surface area contributed by atoms with E-state index in [1.807, 2.05) is 20.8 Å². The van der Waals surface area contributed by atoms with Crippen molar-refractivity contribution in [2.24, 2.45) is 0 Å². The summed E-state index contributed by atoms with van der Waals surface area (Å²) in [5, 5.41) is 0. The Labute approximate surface area is 99.6 Å². The fourth-order valence-corrected chi connectivity index (χ4v) is 1.52. The Morgan fingerprint density at radius 2 is 1.88 bits per heavy atom. The predicted octanol–water partition coefficient (Wildman–Crippen LogP) is 4.62. The highest BCUT2D eigenvalue weighted by Gasteiger charge is 2.31. The Morgan fingerprint density at radius 3 is 2.35 bits per heavy atom. The molecule has 0 heterocycles. The van der Waals surface area contributed by atoms with Gasteiger partial charge in [-0.05, 0) is 36.1 Å². The van der Waals surface area contributed by atoms with Crippen LogP contribution in [0, 0.1) is 0 Å². The maximum atomic E-state index is 12.6. The molecule has 0 N–H and O–H groups in total. The Kier molecular flexibility index (Phi) is 4.43. The molecule has 1 nitrogen and oxygen atoms in total. The predicted molar refractivity (Wildman–Crippen MR) is 61.3 cm³/mol. The first-order valence-electron chi connectivity index (χ1n) is 5.70. The first-order valence-corrected chi connectivity index (χ1v) is 5.70. The number of alkyl halides is 3. The minimum Gasteiger partial charge on any atom is -0.493 e. The van der Waals surface area contributed by atoms with Gasteiger partial charge in [-0.3, -0.25) is 0 Å². The average Bonchev–Trinajstić information content (AvgIpc) is 2.24. The van der Waals surface area contributed by atoms with Gasteiger partial charge >= 0.3 is 6.18 Å². The molecule has 0 spiro atoms. The van der Waals surface area contributed by atoms with Crippen LogP contribution in [0.2, 0.25) is 0 Å². The van der Waals surface area contributed by atoms with Gasteiger partial charge in [0.25, 0.3) is 0 Å². The molecule has 1 aromatic rings. The molecule has 0 radical (unpaired) electrons. The van der Waals surface area contributed by atoms with Gasteiger partial charge < -0.3 is 4.74 Å². The lowest BCUT2D eigenvalue weighted by Gasteiger charge is -2.16. The molecule has 0 aliphatic rings. The van der Waals surface area contributed by atoms with Gasteiger partial charge in [-0.2, -0.15) is 13.2 Å². The third-order valence-corrected chi connectivity index (χ3v) is 2.42. The summed E-state index contributed by atoms with van der Waals surface area (Å²) in [5.74, 6) is 0.555. The molecule has 0 bridgehead atoms. The van der Waals surface area contributed by atoms with Gasteiger partial charge in [-0.1, -0.05) is 20.8 Å². The second kappa shape index (κ2) is 5.43. The second-order valence-corrected chi connectivity index (χ2v) is 4.25.